The molecule has 0 aliphatic carbocycles. The first-order chi connectivity index (χ1) is 8.69. The van der Waals surface area contributed by atoms with Gasteiger partial charge in [0, 0.05) is 11.0 Å². The molecule has 0 radical (unpaired) electrons. The van der Waals surface area contributed by atoms with Crippen molar-refractivity contribution >= 4 is 12.2 Å². The highest BCUT2D eigenvalue weighted by Gasteiger charge is 2.51. The molecule has 1 aromatic carbocycles. The molecule has 2 amide bonds. The van der Waals surface area contributed by atoms with E-state index in [1.807, 2.05) is 0 Å². The summed E-state index contributed by atoms with van der Waals surface area (Å²) in [5, 5.41) is 0. The second-order valence-corrected chi connectivity index (χ2v) is 5.07. The molecular weight excluding hydrogens is 248 g/mol. The largest absolute Gasteiger partial charge is 0.408 e. The van der Waals surface area contributed by atoms with Crippen LogP contribution in [0.1, 0.15) is 26.3 Å². The van der Waals surface area contributed by atoms with Gasteiger partial charge < -0.3 is 20.9 Å². The highest BCUT2D eigenvalue weighted by molar-refractivity contribution is 5.68. The Morgan fingerprint density at radius 2 is 1.37 bits per heavy atom. The van der Waals surface area contributed by atoms with Crippen LogP contribution in [-0.4, -0.2) is 12.2 Å². The van der Waals surface area contributed by atoms with Gasteiger partial charge in [0.2, 0.25) is 0 Å². The van der Waals surface area contributed by atoms with Crippen molar-refractivity contribution in [1.82, 2.24) is 0 Å². The minimum absolute atomic E-state index is 0.472. The lowest BCUT2D eigenvalue weighted by molar-refractivity contribution is -0.230. The quantitative estimate of drug-likeness (QED) is 0.817. The lowest BCUT2D eigenvalue weighted by Gasteiger charge is -2.41. The summed E-state index contributed by atoms with van der Waals surface area (Å²) >= 11 is 0. The summed E-state index contributed by atoms with van der Waals surface area (Å²) in [6, 6.07) is 8.56. The summed E-state index contributed by atoms with van der Waals surface area (Å²) in [4.78, 5) is 22.4. The van der Waals surface area contributed by atoms with E-state index in [0.29, 0.717) is 5.56 Å². The molecule has 0 aliphatic rings. The van der Waals surface area contributed by atoms with Gasteiger partial charge in [0.1, 0.15) is 0 Å². The molecule has 0 heterocycles. The molecule has 0 bridgehead atoms. The molecule has 4 N–H and O–H groups in total. The molecule has 0 aliphatic heterocycles. The minimum atomic E-state index is -1.67. The van der Waals surface area contributed by atoms with Gasteiger partial charge in [-0.25, -0.2) is 9.59 Å². The van der Waals surface area contributed by atoms with Crippen LogP contribution >= 0.6 is 0 Å². The molecule has 1 aromatic rings. The van der Waals surface area contributed by atoms with Crippen LogP contribution in [0.15, 0.2) is 30.3 Å². The third kappa shape index (κ3) is 3.15. The Morgan fingerprint density at radius 1 is 0.947 bits per heavy atom. The summed E-state index contributed by atoms with van der Waals surface area (Å²) in [5.41, 5.74) is 9.90. The van der Waals surface area contributed by atoms with Crippen LogP contribution in [0.2, 0.25) is 0 Å². The maximum Gasteiger partial charge on any atom is 0.408 e. The van der Waals surface area contributed by atoms with Crippen LogP contribution < -0.4 is 11.5 Å². The van der Waals surface area contributed by atoms with Gasteiger partial charge in [0.25, 0.3) is 5.79 Å². The predicted octanol–water partition coefficient (Wildman–Crippen LogP) is 2.08. The molecule has 0 aromatic heterocycles. The van der Waals surface area contributed by atoms with Crippen molar-refractivity contribution in [2.24, 2.45) is 16.9 Å². The smallest absolute Gasteiger partial charge is 0.401 e. The maximum absolute atomic E-state index is 11.2. The normalized spacial score (nSPS) is 11.7. The molecule has 19 heavy (non-hydrogen) atoms. The van der Waals surface area contributed by atoms with Gasteiger partial charge in [-0.3, -0.25) is 0 Å². The Bertz CT molecular complexity index is 449. The lowest BCUT2D eigenvalue weighted by atomic mass is 9.80. The molecule has 0 saturated carbocycles. The second kappa shape index (κ2) is 5.17. The molecule has 104 valence electrons. The fraction of sp³-hybridized carbons (Fsp3) is 0.385. The van der Waals surface area contributed by atoms with Gasteiger partial charge in [-0.15, -0.1) is 0 Å². The third-order valence-electron chi connectivity index (χ3n) is 2.63. The summed E-state index contributed by atoms with van der Waals surface area (Å²) in [6.45, 7) is 5.23. The number of hydrogen-bond donors (Lipinski definition) is 2. The summed E-state index contributed by atoms with van der Waals surface area (Å²) < 4.78 is 10.2. The molecule has 0 spiro atoms. The Balaban J connectivity index is 3.43. The van der Waals surface area contributed by atoms with Gasteiger partial charge in [-0.05, 0) is 0 Å². The van der Waals surface area contributed by atoms with Crippen molar-refractivity contribution < 1.29 is 19.1 Å². The summed E-state index contributed by atoms with van der Waals surface area (Å²) in [7, 11) is 0. The fourth-order valence-electron chi connectivity index (χ4n) is 1.82. The van der Waals surface area contributed by atoms with E-state index in [0.717, 1.165) is 0 Å². The molecule has 0 saturated heterocycles. The number of amides is 2. The van der Waals surface area contributed by atoms with E-state index in [4.69, 9.17) is 20.9 Å². The highest BCUT2D eigenvalue weighted by Crippen LogP contribution is 2.43. The Labute approximate surface area is 111 Å². The Morgan fingerprint density at radius 3 is 1.68 bits per heavy atom. The van der Waals surface area contributed by atoms with Crippen LogP contribution in [0.3, 0.4) is 0 Å². The predicted molar refractivity (Wildman–Crippen MR) is 68.9 cm³/mol. The number of carbonyl (C=O) groups excluding carboxylic acids is 2. The van der Waals surface area contributed by atoms with E-state index in [1.54, 1.807) is 51.1 Å². The van der Waals surface area contributed by atoms with Gasteiger partial charge in [0.05, 0.1) is 0 Å². The number of nitrogens with two attached hydrogens (primary N) is 2. The highest BCUT2D eigenvalue weighted by atomic mass is 16.7. The third-order valence-corrected chi connectivity index (χ3v) is 2.63. The molecule has 1 rings (SSSR count). The first-order valence-electron chi connectivity index (χ1n) is 5.71. The van der Waals surface area contributed by atoms with E-state index in [-0.39, 0.29) is 0 Å². The first-order valence-corrected chi connectivity index (χ1v) is 5.71. The van der Waals surface area contributed by atoms with Crippen molar-refractivity contribution in [3.8, 4) is 0 Å². The lowest BCUT2D eigenvalue weighted by Crippen LogP contribution is -2.49. The van der Waals surface area contributed by atoms with E-state index < -0.39 is 23.4 Å². The van der Waals surface area contributed by atoms with Gasteiger partial charge in [0.15, 0.2) is 0 Å². The fourth-order valence-corrected chi connectivity index (χ4v) is 1.82. The van der Waals surface area contributed by atoms with E-state index in [2.05, 4.69) is 0 Å². The monoisotopic (exact) mass is 266 g/mol. The zero-order valence-corrected chi connectivity index (χ0v) is 11.2. The van der Waals surface area contributed by atoms with E-state index in [1.165, 1.54) is 0 Å². The van der Waals surface area contributed by atoms with E-state index >= 15 is 0 Å². The SMILES string of the molecule is CC(C)(C)C(OC(N)=O)(OC(N)=O)c1ccccc1. The average molecular weight is 266 g/mol. The molecule has 0 atom stereocenters. The molecule has 0 fully saturated rings. The zero-order valence-electron chi connectivity index (χ0n) is 11.2. The zero-order chi connectivity index (χ0) is 14.7. The van der Waals surface area contributed by atoms with Crippen LogP contribution in [0.4, 0.5) is 9.59 Å². The van der Waals surface area contributed by atoms with Crippen LogP contribution in [-0.2, 0) is 15.3 Å². The second-order valence-electron chi connectivity index (χ2n) is 5.07. The summed E-state index contributed by atoms with van der Waals surface area (Å²) in [5.74, 6) is -1.67. The maximum atomic E-state index is 11.2. The van der Waals surface area contributed by atoms with Crippen LogP contribution in [0.25, 0.3) is 0 Å². The van der Waals surface area contributed by atoms with Crippen molar-refractivity contribution in [2.75, 3.05) is 0 Å². The number of hydrogen-bond acceptors (Lipinski definition) is 4. The molecular formula is C13H18N2O4. The van der Waals surface area contributed by atoms with Crippen LogP contribution in [0, 0.1) is 5.41 Å². The topological polar surface area (TPSA) is 105 Å². The minimum Gasteiger partial charge on any atom is -0.401 e. The van der Waals surface area contributed by atoms with Crippen molar-refractivity contribution in [3.05, 3.63) is 35.9 Å². The summed E-state index contributed by atoms with van der Waals surface area (Å²) in [6.07, 6.45) is -2.11. The molecule has 6 nitrogen and oxygen atoms in total. The van der Waals surface area contributed by atoms with Gasteiger partial charge >= 0.3 is 12.2 Å². The number of benzene rings is 1. The Hall–Kier alpha value is -2.24. The van der Waals surface area contributed by atoms with Crippen molar-refractivity contribution in [1.29, 1.82) is 0 Å². The number of rotatable bonds is 3. The standard InChI is InChI=1S/C13H18N2O4/c1-12(2,3)13(18-10(14)16,19-11(15)17)9-7-5-4-6-8-9/h4-8H,1-3H3,(H2,14,16)(H2,15,17). The molecule has 6 heteroatoms. The van der Waals surface area contributed by atoms with Gasteiger partial charge in [-0.2, -0.15) is 0 Å². The van der Waals surface area contributed by atoms with Crippen molar-refractivity contribution in [2.45, 2.75) is 26.6 Å². The number of carbonyl (C=O) groups is 2. The van der Waals surface area contributed by atoms with E-state index in [9.17, 15) is 9.59 Å². The Kier molecular flexibility index (Phi) is 4.04. The number of primary amides is 2. The molecule has 0 unspecified atom stereocenters. The first kappa shape index (κ1) is 14.8. The average Bonchev–Trinajstić information content (AvgIpc) is 2.26. The van der Waals surface area contributed by atoms with Crippen molar-refractivity contribution in [3.63, 3.8) is 0 Å². The number of ether oxygens (including phenoxy) is 2. The van der Waals surface area contributed by atoms with Gasteiger partial charge in [-0.1, -0.05) is 51.1 Å². The van der Waals surface area contributed by atoms with Crippen LogP contribution in [0.5, 0.6) is 0 Å².